The fraction of sp³-hybridized carbons (Fsp3) is 0.286. The summed E-state index contributed by atoms with van der Waals surface area (Å²) in [6.45, 7) is 5.95. The topological polar surface area (TPSA) is 55.1 Å². The number of aliphatic carboxylic acids is 1. The van der Waals surface area contributed by atoms with Gasteiger partial charge in [0, 0.05) is 12.0 Å². The van der Waals surface area contributed by atoms with Crippen LogP contribution in [0.25, 0.3) is 11.0 Å². The van der Waals surface area contributed by atoms with E-state index >= 15 is 0 Å². The number of fused-ring (bicyclic) bond motifs is 1. The standard InChI is InChI=1S/C14H16N2O2/c1-3-6-13-15-11-7-4-5-8-12(11)16(13)9-10(2)14(17)18/h4-5,7-8H,2-3,6,9H2,1H3,(H,17,18). The molecule has 1 heterocycles. The monoisotopic (exact) mass is 244 g/mol. The molecule has 0 unspecified atom stereocenters. The van der Waals surface area contributed by atoms with E-state index in [1.165, 1.54) is 0 Å². The number of aryl methyl sites for hydroxylation is 1. The zero-order chi connectivity index (χ0) is 13.1. The largest absolute Gasteiger partial charge is 0.478 e. The second kappa shape index (κ2) is 5.04. The molecular formula is C14H16N2O2. The number of nitrogens with zero attached hydrogens (tertiary/aromatic N) is 2. The molecule has 2 aromatic rings. The van der Waals surface area contributed by atoms with E-state index in [-0.39, 0.29) is 12.1 Å². The molecule has 4 heteroatoms. The molecular weight excluding hydrogens is 228 g/mol. The van der Waals surface area contributed by atoms with E-state index in [4.69, 9.17) is 5.11 Å². The van der Waals surface area contributed by atoms with Crippen molar-refractivity contribution in [3.05, 3.63) is 42.2 Å². The summed E-state index contributed by atoms with van der Waals surface area (Å²) in [5.74, 6) is -0.0451. The second-order valence-electron chi connectivity index (χ2n) is 4.26. The Kier molecular flexibility index (Phi) is 3.46. The average Bonchev–Trinajstić information content (AvgIpc) is 2.68. The molecule has 0 amide bonds. The maximum atomic E-state index is 10.9. The van der Waals surface area contributed by atoms with E-state index in [0.29, 0.717) is 0 Å². The molecule has 2 rings (SSSR count). The zero-order valence-corrected chi connectivity index (χ0v) is 10.4. The molecule has 1 aromatic carbocycles. The number of hydrogen-bond acceptors (Lipinski definition) is 2. The van der Waals surface area contributed by atoms with Crippen LogP contribution in [0.4, 0.5) is 0 Å². The molecule has 0 aliphatic heterocycles. The van der Waals surface area contributed by atoms with Crippen molar-refractivity contribution in [3.8, 4) is 0 Å². The summed E-state index contributed by atoms with van der Waals surface area (Å²) >= 11 is 0. The molecule has 0 saturated heterocycles. The summed E-state index contributed by atoms with van der Waals surface area (Å²) in [6.07, 6.45) is 1.81. The number of aromatic nitrogens is 2. The van der Waals surface area contributed by atoms with Crippen LogP contribution in [0.1, 0.15) is 19.2 Å². The number of hydrogen-bond donors (Lipinski definition) is 1. The average molecular weight is 244 g/mol. The zero-order valence-electron chi connectivity index (χ0n) is 10.4. The smallest absolute Gasteiger partial charge is 0.332 e. The first kappa shape index (κ1) is 12.4. The number of imidazole rings is 1. The van der Waals surface area contributed by atoms with Crippen molar-refractivity contribution in [2.45, 2.75) is 26.3 Å². The Balaban J connectivity index is 2.47. The lowest BCUT2D eigenvalue weighted by atomic mass is 10.2. The molecule has 94 valence electrons. The van der Waals surface area contributed by atoms with Gasteiger partial charge in [0.2, 0.25) is 0 Å². The minimum absolute atomic E-state index is 0.176. The van der Waals surface area contributed by atoms with E-state index in [9.17, 15) is 4.79 Å². The van der Waals surface area contributed by atoms with Crippen molar-refractivity contribution < 1.29 is 9.90 Å². The normalized spacial score (nSPS) is 10.7. The quantitative estimate of drug-likeness (QED) is 0.822. The highest BCUT2D eigenvalue weighted by molar-refractivity contribution is 5.86. The van der Waals surface area contributed by atoms with Gasteiger partial charge in [0.15, 0.2) is 0 Å². The highest BCUT2D eigenvalue weighted by Gasteiger charge is 2.12. The molecule has 1 aromatic heterocycles. The third-order valence-electron chi connectivity index (χ3n) is 2.86. The number of carboxylic acids is 1. The first-order valence-corrected chi connectivity index (χ1v) is 5.98. The van der Waals surface area contributed by atoms with E-state index in [1.54, 1.807) is 0 Å². The minimum Gasteiger partial charge on any atom is -0.478 e. The van der Waals surface area contributed by atoms with Gasteiger partial charge in [0.1, 0.15) is 5.82 Å². The van der Waals surface area contributed by atoms with Crippen LogP contribution in [0.2, 0.25) is 0 Å². The van der Waals surface area contributed by atoms with Crippen molar-refractivity contribution in [3.63, 3.8) is 0 Å². The maximum absolute atomic E-state index is 10.9. The Morgan fingerprint density at radius 3 is 2.83 bits per heavy atom. The summed E-state index contributed by atoms with van der Waals surface area (Å²) in [5.41, 5.74) is 2.04. The van der Waals surface area contributed by atoms with E-state index in [0.717, 1.165) is 29.7 Å². The molecule has 1 N–H and O–H groups in total. The summed E-state index contributed by atoms with van der Waals surface area (Å²) in [6, 6.07) is 7.76. The second-order valence-corrected chi connectivity index (χ2v) is 4.26. The predicted octanol–water partition coefficient (Wildman–Crippen LogP) is 2.63. The fourth-order valence-corrected chi connectivity index (χ4v) is 1.97. The van der Waals surface area contributed by atoms with E-state index in [2.05, 4.69) is 18.5 Å². The summed E-state index contributed by atoms with van der Waals surface area (Å²) in [7, 11) is 0. The molecule has 0 bridgehead atoms. The van der Waals surface area contributed by atoms with Crippen LogP contribution in [0.5, 0.6) is 0 Å². The van der Waals surface area contributed by atoms with Crippen LogP contribution in [0.3, 0.4) is 0 Å². The van der Waals surface area contributed by atoms with Crippen LogP contribution in [-0.2, 0) is 17.8 Å². The summed E-state index contributed by atoms with van der Waals surface area (Å²) in [4.78, 5) is 15.4. The van der Waals surface area contributed by atoms with Crippen molar-refractivity contribution >= 4 is 17.0 Å². The van der Waals surface area contributed by atoms with Gasteiger partial charge in [-0.05, 0) is 18.6 Å². The van der Waals surface area contributed by atoms with Gasteiger partial charge in [-0.1, -0.05) is 25.6 Å². The Morgan fingerprint density at radius 1 is 1.44 bits per heavy atom. The lowest BCUT2D eigenvalue weighted by Gasteiger charge is -2.08. The van der Waals surface area contributed by atoms with Crippen molar-refractivity contribution in [2.24, 2.45) is 0 Å². The van der Waals surface area contributed by atoms with Gasteiger partial charge in [0.25, 0.3) is 0 Å². The number of carbonyl (C=O) groups is 1. The van der Waals surface area contributed by atoms with Gasteiger partial charge in [-0.2, -0.15) is 0 Å². The van der Waals surface area contributed by atoms with Gasteiger partial charge in [-0.25, -0.2) is 9.78 Å². The number of para-hydroxylation sites is 2. The molecule has 0 radical (unpaired) electrons. The van der Waals surface area contributed by atoms with Crippen LogP contribution in [0.15, 0.2) is 36.4 Å². The third-order valence-corrected chi connectivity index (χ3v) is 2.86. The van der Waals surface area contributed by atoms with Crippen molar-refractivity contribution in [2.75, 3.05) is 0 Å². The van der Waals surface area contributed by atoms with Crippen LogP contribution in [-0.4, -0.2) is 20.6 Å². The SMILES string of the molecule is C=C(Cn1c(CCC)nc2ccccc21)C(=O)O. The molecule has 0 fully saturated rings. The molecule has 0 atom stereocenters. The van der Waals surface area contributed by atoms with Gasteiger partial charge >= 0.3 is 5.97 Å². The van der Waals surface area contributed by atoms with Crippen molar-refractivity contribution in [1.82, 2.24) is 9.55 Å². The number of benzene rings is 1. The maximum Gasteiger partial charge on any atom is 0.332 e. The van der Waals surface area contributed by atoms with Gasteiger partial charge in [-0.3, -0.25) is 0 Å². The van der Waals surface area contributed by atoms with Gasteiger partial charge in [0.05, 0.1) is 17.6 Å². The molecule has 18 heavy (non-hydrogen) atoms. The Labute approximate surface area is 106 Å². The highest BCUT2D eigenvalue weighted by Crippen LogP contribution is 2.18. The molecule has 0 aliphatic carbocycles. The Hall–Kier alpha value is -2.10. The van der Waals surface area contributed by atoms with Crippen molar-refractivity contribution in [1.29, 1.82) is 0 Å². The number of carboxylic acid groups (broad SMARTS) is 1. The first-order valence-electron chi connectivity index (χ1n) is 5.98. The summed E-state index contributed by atoms with van der Waals surface area (Å²) in [5, 5.41) is 8.94. The summed E-state index contributed by atoms with van der Waals surface area (Å²) < 4.78 is 1.94. The van der Waals surface area contributed by atoms with Gasteiger partial charge < -0.3 is 9.67 Å². The van der Waals surface area contributed by atoms with Gasteiger partial charge in [-0.15, -0.1) is 0 Å². The first-order chi connectivity index (χ1) is 8.63. The lowest BCUT2D eigenvalue weighted by molar-refractivity contribution is -0.132. The van der Waals surface area contributed by atoms with E-state index < -0.39 is 5.97 Å². The number of rotatable bonds is 5. The predicted molar refractivity (Wildman–Crippen MR) is 70.5 cm³/mol. The van der Waals surface area contributed by atoms with Crippen LogP contribution in [0, 0.1) is 0 Å². The third kappa shape index (κ3) is 2.27. The fourth-order valence-electron chi connectivity index (χ4n) is 1.97. The van der Waals surface area contributed by atoms with Crippen LogP contribution >= 0.6 is 0 Å². The molecule has 4 nitrogen and oxygen atoms in total. The molecule has 0 spiro atoms. The Morgan fingerprint density at radius 2 is 2.17 bits per heavy atom. The minimum atomic E-state index is -0.963. The van der Waals surface area contributed by atoms with Crippen LogP contribution < -0.4 is 0 Å². The highest BCUT2D eigenvalue weighted by atomic mass is 16.4. The Bertz CT molecular complexity index is 599. The van der Waals surface area contributed by atoms with E-state index in [1.807, 2.05) is 28.8 Å². The molecule has 0 aliphatic rings. The lowest BCUT2D eigenvalue weighted by Crippen LogP contribution is -2.11. The molecule has 0 saturated carbocycles.